The van der Waals surface area contributed by atoms with Crippen LogP contribution in [-0.4, -0.2) is 24.7 Å². The van der Waals surface area contributed by atoms with Gasteiger partial charge in [0.25, 0.3) is 0 Å². The number of oxime groups is 1. The minimum Gasteiger partial charge on any atom is -0.496 e. The molecule has 1 saturated carbocycles. The molecule has 1 aromatic rings. The molecule has 0 spiro atoms. The highest BCUT2D eigenvalue weighted by Crippen LogP contribution is 2.43. The number of rotatable bonds is 7. The van der Waals surface area contributed by atoms with Crippen LogP contribution in [0.3, 0.4) is 0 Å². The van der Waals surface area contributed by atoms with Crippen molar-refractivity contribution < 1.29 is 9.94 Å². The second-order valence-corrected chi connectivity index (χ2v) is 5.82. The van der Waals surface area contributed by atoms with Crippen LogP contribution in [0.25, 0.3) is 0 Å². The third kappa shape index (κ3) is 3.47. The van der Waals surface area contributed by atoms with E-state index < -0.39 is 0 Å². The highest BCUT2D eigenvalue weighted by atomic mass is 16.5. The summed E-state index contributed by atoms with van der Waals surface area (Å²) in [5.41, 5.74) is 7.84. The molecular formula is C16H25N3O2. The molecule has 1 aliphatic rings. The lowest BCUT2D eigenvalue weighted by molar-refractivity contribution is 0.123. The van der Waals surface area contributed by atoms with Crippen LogP contribution in [0.1, 0.15) is 43.7 Å². The monoisotopic (exact) mass is 291 g/mol. The molecule has 1 aromatic carbocycles. The molecule has 1 fully saturated rings. The van der Waals surface area contributed by atoms with Crippen molar-refractivity contribution in [2.24, 2.45) is 16.3 Å². The van der Waals surface area contributed by atoms with E-state index in [0.29, 0.717) is 11.0 Å². The molecule has 0 bridgehead atoms. The number of benzene rings is 1. The molecule has 5 nitrogen and oxygen atoms in total. The summed E-state index contributed by atoms with van der Waals surface area (Å²) in [5, 5.41) is 15.4. The average molecular weight is 291 g/mol. The van der Waals surface area contributed by atoms with E-state index in [2.05, 4.69) is 17.4 Å². The number of amidine groups is 1. The van der Waals surface area contributed by atoms with Crippen LogP contribution in [0.5, 0.6) is 5.75 Å². The number of hydrogen-bond acceptors (Lipinski definition) is 4. The molecule has 21 heavy (non-hydrogen) atoms. The lowest BCUT2D eigenvalue weighted by Gasteiger charge is -2.41. The molecule has 0 aromatic heterocycles. The van der Waals surface area contributed by atoms with E-state index in [1.807, 2.05) is 12.1 Å². The summed E-state index contributed by atoms with van der Waals surface area (Å²) in [6.45, 7) is 4.01. The lowest BCUT2D eigenvalue weighted by Crippen LogP contribution is -2.39. The topological polar surface area (TPSA) is 79.9 Å². The van der Waals surface area contributed by atoms with Crippen molar-refractivity contribution in [3.05, 3.63) is 29.3 Å². The molecule has 0 saturated heterocycles. The number of nitrogens with two attached hydrogens (primary N) is 1. The summed E-state index contributed by atoms with van der Waals surface area (Å²) in [6, 6.07) is 5.54. The summed E-state index contributed by atoms with van der Waals surface area (Å²) in [7, 11) is 1.65. The van der Waals surface area contributed by atoms with Gasteiger partial charge in [0.15, 0.2) is 5.84 Å². The molecule has 0 radical (unpaired) electrons. The van der Waals surface area contributed by atoms with Gasteiger partial charge in [-0.1, -0.05) is 18.5 Å². The van der Waals surface area contributed by atoms with E-state index in [1.165, 1.54) is 25.7 Å². The zero-order chi connectivity index (χ0) is 15.3. The van der Waals surface area contributed by atoms with Crippen LogP contribution in [0.4, 0.5) is 0 Å². The summed E-state index contributed by atoms with van der Waals surface area (Å²) in [4.78, 5) is 0. The Hall–Kier alpha value is -1.75. The second-order valence-electron chi connectivity index (χ2n) is 5.82. The fourth-order valence-electron chi connectivity index (χ4n) is 2.93. The Morgan fingerprint density at radius 2 is 2.24 bits per heavy atom. The zero-order valence-electron chi connectivity index (χ0n) is 12.9. The minimum atomic E-state index is 0.114. The lowest BCUT2D eigenvalue weighted by atomic mass is 9.67. The highest BCUT2D eigenvalue weighted by Gasteiger charge is 2.34. The molecule has 0 unspecified atom stereocenters. The number of nitrogens with one attached hydrogen (secondary N) is 1. The Bertz CT molecular complexity index is 505. The summed E-state index contributed by atoms with van der Waals surface area (Å²) in [5.74, 6) is 0.930. The van der Waals surface area contributed by atoms with Crippen LogP contribution < -0.4 is 15.8 Å². The van der Waals surface area contributed by atoms with Crippen LogP contribution in [-0.2, 0) is 6.54 Å². The average Bonchev–Trinajstić information content (AvgIpc) is 2.49. The van der Waals surface area contributed by atoms with E-state index in [1.54, 1.807) is 13.2 Å². The quantitative estimate of drug-likeness (QED) is 0.312. The van der Waals surface area contributed by atoms with E-state index in [0.717, 1.165) is 24.4 Å². The molecule has 0 heterocycles. The van der Waals surface area contributed by atoms with E-state index in [9.17, 15) is 0 Å². The van der Waals surface area contributed by atoms with Crippen LogP contribution >= 0.6 is 0 Å². The predicted octanol–water partition coefficient (Wildman–Crippen LogP) is 2.46. The molecular weight excluding hydrogens is 266 g/mol. The van der Waals surface area contributed by atoms with Gasteiger partial charge >= 0.3 is 0 Å². The third-order valence-corrected chi connectivity index (χ3v) is 4.66. The number of nitrogens with zero attached hydrogens (tertiary/aromatic N) is 1. The van der Waals surface area contributed by atoms with Crippen LogP contribution in [0.15, 0.2) is 23.4 Å². The van der Waals surface area contributed by atoms with Gasteiger partial charge in [0, 0.05) is 24.2 Å². The van der Waals surface area contributed by atoms with E-state index in [4.69, 9.17) is 15.7 Å². The second kappa shape index (κ2) is 6.80. The Labute approximate surface area is 126 Å². The standard InChI is InChI=1S/C16H25N3O2/c1-3-16(7-4-8-16)11-18-10-13-9-12(15(17)19-20)5-6-14(13)21-2/h5-6,9,18,20H,3-4,7-8,10-11H2,1-2H3,(H2,17,19). The van der Waals surface area contributed by atoms with E-state index >= 15 is 0 Å². The van der Waals surface area contributed by atoms with Gasteiger partial charge in [-0.3, -0.25) is 0 Å². The van der Waals surface area contributed by atoms with Crippen molar-refractivity contribution in [2.75, 3.05) is 13.7 Å². The molecule has 0 amide bonds. The molecule has 5 heteroatoms. The zero-order valence-corrected chi connectivity index (χ0v) is 12.9. The maximum atomic E-state index is 8.78. The SMILES string of the molecule is CCC1(CNCc2cc(/C(N)=N/O)ccc2OC)CCC1. The Morgan fingerprint density at radius 3 is 2.76 bits per heavy atom. The van der Waals surface area contributed by atoms with Gasteiger partial charge in [-0.25, -0.2) is 0 Å². The molecule has 116 valence electrons. The van der Waals surface area contributed by atoms with Gasteiger partial charge in [0.2, 0.25) is 0 Å². The van der Waals surface area contributed by atoms with Crippen LogP contribution in [0, 0.1) is 5.41 Å². The third-order valence-electron chi connectivity index (χ3n) is 4.66. The first-order valence-electron chi connectivity index (χ1n) is 7.49. The van der Waals surface area contributed by atoms with Gasteiger partial charge in [-0.2, -0.15) is 0 Å². The first kappa shape index (κ1) is 15.6. The Balaban J connectivity index is 2.03. The van der Waals surface area contributed by atoms with Crippen LogP contribution in [0.2, 0.25) is 0 Å². The van der Waals surface area contributed by atoms with Crippen molar-refractivity contribution in [1.29, 1.82) is 0 Å². The highest BCUT2D eigenvalue weighted by molar-refractivity contribution is 5.97. The van der Waals surface area contributed by atoms with Crippen molar-refractivity contribution in [2.45, 2.75) is 39.2 Å². The largest absolute Gasteiger partial charge is 0.496 e. The van der Waals surface area contributed by atoms with Gasteiger partial charge in [0.1, 0.15) is 5.75 Å². The molecule has 4 N–H and O–H groups in total. The maximum absolute atomic E-state index is 8.78. The van der Waals surface area contributed by atoms with Crippen molar-refractivity contribution in [3.63, 3.8) is 0 Å². The molecule has 1 aliphatic carbocycles. The molecule has 0 atom stereocenters. The van der Waals surface area contributed by atoms with Gasteiger partial charge in [0.05, 0.1) is 7.11 Å². The van der Waals surface area contributed by atoms with Gasteiger partial charge < -0.3 is 21.0 Å². The summed E-state index contributed by atoms with van der Waals surface area (Å²) >= 11 is 0. The minimum absolute atomic E-state index is 0.114. The first-order chi connectivity index (χ1) is 10.1. The fraction of sp³-hybridized carbons (Fsp3) is 0.562. The summed E-state index contributed by atoms with van der Waals surface area (Å²) in [6.07, 6.45) is 5.20. The smallest absolute Gasteiger partial charge is 0.170 e. The van der Waals surface area contributed by atoms with Gasteiger partial charge in [-0.05, 0) is 42.9 Å². The Kier molecular flexibility index (Phi) is 5.07. The maximum Gasteiger partial charge on any atom is 0.170 e. The number of hydrogen-bond donors (Lipinski definition) is 3. The normalized spacial score (nSPS) is 17.3. The summed E-state index contributed by atoms with van der Waals surface area (Å²) < 4.78 is 5.38. The van der Waals surface area contributed by atoms with E-state index in [-0.39, 0.29) is 5.84 Å². The molecule has 0 aliphatic heterocycles. The van der Waals surface area contributed by atoms with Crippen molar-refractivity contribution in [1.82, 2.24) is 5.32 Å². The number of methoxy groups -OCH3 is 1. The Morgan fingerprint density at radius 1 is 1.48 bits per heavy atom. The number of ether oxygens (including phenoxy) is 1. The first-order valence-corrected chi connectivity index (χ1v) is 7.49. The van der Waals surface area contributed by atoms with Crippen molar-refractivity contribution in [3.8, 4) is 5.75 Å². The molecule has 2 rings (SSSR count). The van der Waals surface area contributed by atoms with Crippen molar-refractivity contribution >= 4 is 5.84 Å². The predicted molar refractivity (Wildman–Crippen MR) is 83.8 cm³/mol. The van der Waals surface area contributed by atoms with Gasteiger partial charge in [-0.15, -0.1) is 0 Å². The fourth-order valence-corrected chi connectivity index (χ4v) is 2.93.